The number of carbonyl (C=O) groups is 1. The Balaban J connectivity index is 1.62. The summed E-state index contributed by atoms with van der Waals surface area (Å²) in [6.07, 6.45) is 2.10. The zero-order valence-electron chi connectivity index (χ0n) is 13.8. The van der Waals surface area contributed by atoms with Gasteiger partial charge in [-0.1, -0.05) is 55.1 Å². The summed E-state index contributed by atoms with van der Waals surface area (Å²) in [5, 5.41) is 2.30. The zero-order valence-corrected chi connectivity index (χ0v) is 13.8. The smallest absolute Gasteiger partial charge is 0.330 e. The molecule has 25 heavy (non-hydrogen) atoms. The topological polar surface area (TPSA) is 35.5 Å². The predicted octanol–water partition coefficient (Wildman–Crippen LogP) is 4.52. The third-order valence-corrected chi connectivity index (χ3v) is 4.56. The lowest BCUT2D eigenvalue weighted by Crippen LogP contribution is -2.10. The quantitative estimate of drug-likeness (QED) is 0.307. The van der Waals surface area contributed by atoms with Crippen LogP contribution in [0.1, 0.15) is 11.1 Å². The van der Waals surface area contributed by atoms with Crippen LogP contribution in [0.4, 0.5) is 0 Å². The van der Waals surface area contributed by atoms with Crippen molar-refractivity contribution in [2.24, 2.45) is 0 Å². The molecule has 3 nitrogen and oxygen atoms in total. The van der Waals surface area contributed by atoms with E-state index in [4.69, 9.17) is 9.47 Å². The summed E-state index contributed by atoms with van der Waals surface area (Å²) in [6.45, 7) is 3.89. The second-order valence-electron chi connectivity index (χ2n) is 6.00. The highest BCUT2D eigenvalue weighted by Crippen LogP contribution is 2.41. The maximum Gasteiger partial charge on any atom is 0.330 e. The Bertz CT molecular complexity index is 972. The molecule has 124 valence electrons. The first-order chi connectivity index (χ1) is 12.3. The van der Waals surface area contributed by atoms with Crippen LogP contribution in [0.5, 0.6) is 5.75 Å². The van der Waals surface area contributed by atoms with Crippen molar-refractivity contribution in [3.05, 3.63) is 78.4 Å². The van der Waals surface area contributed by atoms with Gasteiger partial charge in [-0.25, -0.2) is 4.79 Å². The third-order valence-electron chi connectivity index (χ3n) is 4.56. The normalized spacial score (nSPS) is 11.7. The van der Waals surface area contributed by atoms with E-state index in [-0.39, 0.29) is 6.61 Å². The van der Waals surface area contributed by atoms with Crippen molar-refractivity contribution in [3.8, 4) is 16.9 Å². The standard InChI is InChI=1S/C22H18O3/c1-2-22(23)25-13-12-24-21-9-5-8-17-19(21)11-10-18-16-7-4-3-6-15(16)14-20(17)18/h2-11H,1,12-14H2. The lowest BCUT2D eigenvalue weighted by Gasteiger charge is -2.12. The molecule has 0 atom stereocenters. The van der Waals surface area contributed by atoms with Crippen LogP contribution in [0.2, 0.25) is 0 Å². The van der Waals surface area contributed by atoms with E-state index in [1.54, 1.807) is 0 Å². The molecule has 0 bridgehead atoms. The molecule has 0 aromatic heterocycles. The first-order valence-electron chi connectivity index (χ1n) is 8.33. The molecule has 0 heterocycles. The summed E-state index contributed by atoms with van der Waals surface area (Å²) in [5.41, 5.74) is 5.34. The number of esters is 1. The van der Waals surface area contributed by atoms with Crippen LogP contribution in [0, 0.1) is 0 Å². The first kappa shape index (κ1) is 15.5. The molecule has 0 aliphatic heterocycles. The molecule has 0 saturated heterocycles. The molecule has 1 aliphatic carbocycles. The zero-order chi connectivity index (χ0) is 17.2. The van der Waals surface area contributed by atoms with Crippen molar-refractivity contribution in [3.63, 3.8) is 0 Å². The summed E-state index contributed by atoms with van der Waals surface area (Å²) < 4.78 is 10.8. The SMILES string of the molecule is C=CC(=O)OCCOc1cccc2c3c(ccc12)-c1ccccc1C3. The Kier molecular flexibility index (Phi) is 3.98. The highest BCUT2D eigenvalue weighted by molar-refractivity contribution is 5.98. The molecule has 0 radical (unpaired) electrons. The van der Waals surface area contributed by atoms with Gasteiger partial charge in [0.25, 0.3) is 0 Å². The number of hydrogen-bond acceptors (Lipinski definition) is 3. The molecule has 3 aromatic rings. The highest BCUT2D eigenvalue weighted by Gasteiger charge is 2.20. The van der Waals surface area contributed by atoms with E-state index in [9.17, 15) is 4.79 Å². The number of hydrogen-bond donors (Lipinski definition) is 0. The maximum absolute atomic E-state index is 11.1. The average molecular weight is 330 g/mol. The summed E-state index contributed by atoms with van der Waals surface area (Å²) in [5.74, 6) is 0.378. The molecule has 1 aliphatic rings. The Labute approximate surface area is 146 Å². The van der Waals surface area contributed by atoms with Crippen molar-refractivity contribution in [1.29, 1.82) is 0 Å². The van der Waals surface area contributed by atoms with Gasteiger partial charge < -0.3 is 9.47 Å². The molecule has 0 fully saturated rings. The predicted molar refractivity (Wildman–Crippen MR) is 98.8 cm³/mol. The van der Waals surface area contributed by atoms with Crippen LogP contribution in [0.15, 0.2) is 67.3 Å². The molecule has 3 aromatic carbocycles. The number of fused-ring (bicyclic) bond motifs is 5. The fourth-order valence-electron chi connectivity index (χ4n) is 3.44. The van der Waals surface area contributed by atoms with Gasteiger partial charge in [-0.3, -0.25) is 0 Å². The van der Waals surface area contributed by atoms with Crippen molar-refractivity contribution < 1.29 is 14.3 Å². The van der Waals surface area contributed by atoms with Crippen molar-refractivity contribution in [1.82, 2.24) is 0 Å². The Morgan fingerprint density at radius 2 is 1.84 bits per heavy atom. The first-order valence-corrected chi connectivity index (χ1v) is 8.33. The minimum atomic E-state index is -0.433. The minimum Gasteiger partial charge on any atom is -0.489 e. The lowest BCUT2D eigenvalue weighted by atomic mass is 9.99. The fourth-order valence-corrected chi connectivity index (χ4v) is 3.44. The van der Waals surface area contributed by atoms with E-state index in [1.807, 2.05) is 12.1 Å². The van der Waals surface area contributed by atoms with Gasteiger partial charge in [0.15, 0.2) is 0 Å². The van der Waals surface area contributed by atoms with Gasteiger partial charge in [0.1, 0.15) is 19.0 Å². The lowest BCUT2D eigenvalue weighted by molar-refractivity contribution is -0.138. The summed E-state index contributed by atoms with van der Waals surface area (Å²) in [7, 11) is 0. The maximum atomic E-state index is 11.1. The third kappa shape index (κ3) is 2.78. The van der Waals surface area contributed by atoms with E-state index >= 15 is 0 Å². The molecule has 0 N–H and O–H groups in total. The van der Waals surface area contributed by atoms with Crippen molar-refractivity contribution in [2.45, 2.75) is 6.42 Å². The number of rotatable bonds is 5. The largest absolute Gasteiger partial charge is 0.489 e. The second-order valence-corrected chi connectivity index (χ2v) is 6.00. The van der Waals surface area contributed by atoms with Crippen LogP contribution in [0.3, 0.4) is 0 Å². The van der Waals surface area contributed by atoms with Gasteiger partial charge in [0.05, 0.1) is 0 Å². The number of benzene rings is 3. The van der Waals surface area contributed by atoms with Gasteiger partial charge >= 0.3 is 5.97 Å². The van der Waals surface area contributed by atoms with Crippen LogP contribution in [-0.4, -0.2) is 19.2 Å². The second kappa shape index (κ2) is 6.44. The van der Waals surface area contributed by atoms with E-state index in [1.165, 1.54) is 27.6 Å². The summed E-state index contributed by atoms with van der Waals surface area (Å²) >= 11 is 0. The van der Waals surface area contributed by atoms with E-state index in [0.717, 1.165) is 23.6 Å². The Morgan fingerprint density at radius 3 is 2.72 bits per heavy atom. The van der Waals surface area contributed by atoms with E-state index < -0.39 is 5.97 Å². The van der Waals surface area contributed by atoms with Crippen LogP contribution < -0.4 is 4.74 Å². The van der Waals surface area contributed by atoms with Crippen LogP contribution >= 0.6 is 0 Å². The van der Waals surface area contributed by atoms with Gasteiger partial charge in [-0.15, -0.1) is 0 Å². The van der Waals surface area contributed by atoms with Gasteiger partial charge in [0.2, 0.25) is 0 Å². The van der Waals surface area contributed by atoms with Crippen LogP contribution in [-0.2, 0) is 16.0 Å². The molecular weight excluding hydrogens is 312 g/mol. The minimum absolute atomic E-state index is 0.206. The van der Waals surface area contributed by atoms with E-state index in [2.05, 4.69) is 49.0 Å². The highest BCUT2D eigenvalue weighted by atomic mass is 16.6. The van der Waals surface area contributed by atoms with Crippen molar-refractivity contribution in [2.75, 3.05) is 13.2 Å². The molecule has 0 amide bonds. The van der Waals surface area contributed by atoms with Crippen molar-refractivity contribution >= 4 is 16.7 Å². The average Bonchev–Trinajstić information content (AvgIpc) is 3.04. The molecule has 0 spiro atoms. The summed E-state index contributed by atoms with van der Waals surface area (Å²) in [6, 6.07) is 18.9. The number of ether oxygens (including phenoxy) is 2. The van der Waals surface area contributed by atoms with Gasteiger partial charge in [-0.05, 0) is 40.1 Å². The Hall–Kier alpha value is -3.07. The van der Waals surface area contributed by atoms with Gasteiger partial charge in [0, 0.05) is 11.5 Å². The Morgan fingerprint density at radius 1 is 0.960 bits per heavy atom. The number of carbonyl (C=O) groups excluding carboxylic acids is 1. The molecule has 0 saturated carbocycles. The molecular formula is C22H18O3. The summed E-state index contributed by atoms with van der Waals surface area (Å²) in [4.78, 5) is 11.1. The van der Waals surface area contributed by atoms with E-state index in [0.29, 0.717) is 6.61 Å². The fraction of sp³-hybridized carbons (Fsp3) is 0.136. The van der Waals surface area contributed by atoms with Gasteiger partial charge in [-0.2, -0.15) is 0 Å². The van der Waals surface area contributed by atoms with Crippen LogP contribution in [0.25, 0.3) is 21.9 Å². The monoisotopic (exact) mass is 330 g/mol. The molecule has 0 unspecified atom stereocenters. The molecule has 4 rings (SSSR count). The molecule has 3 heteroatoms.